The van der Waals surface area contributed by atoms with Gasteiger partial charge in [0.15, 0.2) is 6.10 Å². The molecule has 0 aromatic rings. The third kappa shape index (κ3) is 65.3. The first kappa shape index (κ1) is 77.2. The van der Waals surface area contributed by atoms with Gasteiger partial charge in [0.1, 0.15) is 6.61 Å². The summed E-state index contributed by atoms with van der Waals surface area (Å²) in [5, 5.41) is 0. The molecule has 0 bridgehead atoms. The minimum atomic E-state index is -4.39. The van der Waals surface area contributed by atoms with Crippen LogP contribution < -0.4 is 5.73 Å². The molecule has 466 valence electrons. The predicted octanol–water partition coefficient (Wildman–Crippen LogP) is 22.3. The Labute approximate surface area is 490 Å². The number of hydrogen-bond acceptors (Lipinski definition) is 8. The summed E-state index contributed by atoms with van der Waals surface area (Å²) in [5.41, 5.74) is 5.40. The quantitative estimate of drug-likeness (QED) is 0.0264. The van der Waals surface area contributed by atoms with Crippen molar-refractivity contribution in [1.82, 2.24) is 0 Å². The van der Waals surface area contributed by atoms with Crippen LogP contribution in [0.1, 0.15) is 361 Å². The molecule has 0 saturated heterocycles. The van der Waals surface area contributed by atoms with E-state index in [4.69, 9.17) is 24.3 Å². The Morgan fingerprint density at radius 2 is 0.658 bits per heavy atom. The van der Waals surface area contributed by atoms with Crippen LogP contribution in [0.2, 0.25) is 0 Å². The van der Waals surface area contributed by atoms with E-state index < -0.39 is 26.5 Å². The van der Waals surface area contributed by atoms with Crippen LogP contribution in [-0.2, 0) is 32.7 Å². The van der Waals surface area contributed by atoms with Crippen molar-refractivity contribution in [2.45, 2.75) is 367 Å². The summed E-state index contributed by atoms with van der Waals surface area (Å²) in [5.74, 6) is -0.810. The molecule has 79 heavy (non-hydrogen) atoms. The highest BCUT2D eigenvalue weighted by Gasteiger charge is 2.26. The number of hydrogen-bond donors (Lipinski definition) is 2. The minimum absolute atomic E-state index is 0.0548. The number of nitrogens with two attached hydrogens (primary N) is 1. The molecule has 0 radical (unpaired) electrons. The van der Waals surface area contributed by atoms with Crippen molar-refractivity contribution in [2.24, 2.45) is 5.73 Å². The number of esters is 2. The van der Waals surface area contributed by atoms with E-state index in [-0.39, 0.29) is 38.6 Å². The molecule has 0 fully saturated rings. The second-order valence-corrected chi connectivity index (χ2v) is 24.9. The summed E-state index contributed by atoms with van der Waals surface area (Å²) in [6.07, 6.45) is 81.0. The first-order chi connectivity index (χ1) is 38.8. The predicted molar refractivity (Wildman–Crippen MR) is 340 cm³/mol. The molecule has 0 aliphatic rings. The van der Waals surface area contributed by atoms with Gasteiger partial charge in [0.2, 0.25) is 0 Å². The highest BCUT2D eigenvalue weighted by atomic mass is 31.2. The van der Waals surface area contributed by atoms with Crippen LogP contribution in [-0.4, -0.2) is 49.3 Å². The van der Waals surface area contributed by atoms with Crippen LogP contribution in [0, 0.1) is 0 Å². The Hall–Kier alpha value is -1.77. The molecule has 0 aromatic carbocycles. The molecule has 9 nitrogen and oxygen atoms in total. The first-order valence-corrected chi connectivity index (χ1v) is 36.0. The van der Waals surface area contributed by atoms with Crippen molar-refractivity contribution < 1.29 is 37.6 Å². The Kier molecular flexibility index (Phi) is 63.9. The third-order valence-electron chi connectivity index (χ3n) is 15.5. The number of phosphoric acid groups is 1. The van der Waals surface area contributed by atoms with Crippen molar-refractivity contribution in [1.29, 1.82) is 0 Å². The maximum atomic E-state index is 12.7. The standard InChI is InChI=1S/C69H132NO8P/c1-3-5-7-9-11-13-15-17-19-21-23-25-27-29-31-32-33-34-36-37-39-41-43-45-47-49-51-53-55-57-59-61-68(71)75-65-67(66-77-79(73,74)76-64-63-70)78-69(72)62-60-58-56-54-52-50-48-46-44-42-40-38-35-30-28-26-24-22-20-18-16-14-12-10-8-6-4-2/h16,18,22,24,28,30,67H,3-15,17,19-21,23,25-27,29,31-66,70H2,1-2H3,(H,73,74)/b18-16-,24-22-,30-28-. The van der Waals surface area contributed by atoms with E-state index >= 15 is 0 Å². The van der Waals surface area contributed by atoms with E-state index in [0.717, 1.165) is 51.4 Å². The largest absolute Gasteiger partial charge is 0.472 e. The minimum Gasteiger partial charge on any atom is -0.462 e. The monoisotopic (exact) mass is 1130 g/mol. The molecule has 0 spiro atoms. The molecule has 0 aliphatic heterocycles. The summed E-state index contributed by atoms with van der Waals surface area (Å²) >= 11 is 0. The van der Waals surface area contributed by atoms with Gasteiger partial charge in [-0.3, -0.25) is 18.6 Å². The lowest BCUT2D eigenvalue weighted by atomic mass is 10.0. The van der Waals surface area contributed by atoms with Gasteiger partial charge in [0.25, 0.3) is 0 Å². The fourth-order valence-electron chi connectivity index (χ4n) is 10.4. The fourth-order valence-corrected chi connectivity index (χ4v) is 11.2. The average molecular weight is 1130 g/mol. The van der Waals surface area contributed by atoms with Gasteiger partial charge in [-0.1, -0.05) is 333 Å². The number of allylic oxidation sites excluding steroid dienone is 6. The molecule has 10 heteroatoms. The SMILES string of the molecule is CCCCCCC/C=C\C/C=C\C/C=C\CCCCCCCCCCCCCCC(=O)OC(COC(=O)CCCCCCCCCCCCCCCCCCCCCCCCCCCCCCCCC)COP(=O)(O)OCCN. The molecule has 0 heterocycles. The van der Waals surface area contributed by atoms with Crippen LogP contribution in [0.3, 0.4) is 0 Å². The molecular formula is C69H132NO8P. The van der Waals surface area contributed by atoms with Crippen molar-refractivity contribution >= 4 is 19.8 Å². The highest BCUT2D eigenvalue weighted by molar-refractivity contribution is 7.47. The van der Waals surface area contributed by atoms with Crippen molar-refractivity contribution in [2.75, 3.05) is 26.4 Å². The van der Waals surface area contributed by atoms with E-state index in [1.54, 1.807) is 0 Å². The summed E-state index contributed by atoms with van der Waals surface area (Å²) in [4.78, 5) is 35.3. The molecule has 0 rings (SSSR count). The average Bonchev–Trinajstić information content (AvgIpc) is 3.44. The van der Waals surface area contributed by atoms with Crippen LogP contribution in [0.25, 0.3) is 0 Å². The van der Waals surface area contributed by atoms with Gasteiger partial charge in [0.05, 0.1) is 13.2 Å². The van der Waals surface area contributed by atoms with Crippen LogP contribution in [0.5, 0.6) is 0 Å². The Morgan fingerprint density at radius 3 is 0.975 bits per heavy atom. The summed E-state index contributed by atoms with van der Waals surface area (Å²) in [6.45, 7) is 3.80. The van der Waals surface area contributed by atoms with Crippen molar-refractivity contribution in [3.8, 4) is 0 Å². The third-order valence-corrected chi connectivity index (χ3v) is 16.5. The zero-order valence-corrected chi connectivity index (χ0v) is 53.3. The Bertz CT molecular complexity index is 1390. The lowest BCUT2D eigenvalue weighted by Gasteiger charge is -2.19. The highest BCUT2D eigenvalue weighted by Crippen LogP contribution is 2.43. The number of carbonyl (C=O) groups is 2. The van der Waals surface area contributed by atoms with Gasteiger partial charge < -0.3 is 20.1 Å². The smallest absolute Gasteiger partial charge is 0.462 e. The van der Waals surface area contributed by atoms with Crippen LogP contribution in [0.15, 0.2) is 36.5 Å². The van der Waals surface area contributed by atoms with Gasteiger partial charge in [-0.15, -0.1) is 0 Å². The molecule has 2 atom stereocenters. The van der Waals surface area contributed by atoms with Crippen molar-refractivity contribution in [3.05, 3.63) is 36.5 Å². The zero-order valence-electron chi connectivity index (χ0n) is 52.4. The molecule has 3 N–H and O–H groups in total. The number of phosphoric ester groups is 1. The van der Waals surface area contributed by atoms with Gasteiger partial charge in [-0.2, -0.15) is 0 Å². The van der Waals surface area contributed by atoms with Gasteiger partial charge in [-0.25, -0.2) is 4.57 Å². The van der Waals surface area contributed by atoms with Gasteiger partial charge in [0, 0.05) is 19.4 Å². The second-order valence-electron chi connectivity index (χ2n) is 23.4. The number of unbranched alkanes of at least 4 members (excludes halogenated alkanes) is 47. The Balaban J connectivity index is 3.84. The maximum absolute atomic E-state index is 12.7. The molecule has 0 saturated carbocycles. The first-order valence-electron chi connectivity index (χ1n) is 34.5. The number of carbonyl (C=O) groups excluding carboxylic acids is 2. The Morgan fingerprint density at radius 1 is 0.380 bits per heavy atom. The molecule has 0 amide bonds. The molecular weight excluding hydrogens is 1000 g/mol. The van der Waals surface area contributed by atoms with E-state index in [9.17, 15) is 19.0 Å². The fraction of sp³-hybridized carbons (Fsp3) is 0.884. The van der Waals surface area contributed by atoms with Gasteiger partial charge in [-0.05, 0) is 51.4 Å². The molecule has 0 aliphatic carbocycles. The lowest BCUT2D eigenvalue weighted by Crippen LogP contribution is -2.29. The summed E-state index contributed by atoms with van der Waals surface area (Å²) < 4.78 is 33.2. The van der Waals surface area contributed by atoms with Crippen LogP contribution in [0.4, 0.5) is 0 Å². The summed E-state index contributed by atoms with van der Waals surface area (Å²) in [6, 6.07) is 0. The lowest BCUT2D eigenvalue weighted by molar-refractivity contribution is -0.161. The maximum Gasteiger partial charge on any atom is 0.472 e. The van der Waals surface area contributed by atoms with Crippen LogP contribution >= 0.6 is 7.82 Å². The van der Waals surface area contributed by atoms with Crippen molar-refractivity contribution in [3.63, 3.8) is 0 Å². The number of rotatable bonds is 66. The second kappa shape index (κ2) is 65.4. The van der Waals surface area contributed by atoms with Gasteiger partial charge >= 0.3 is 19.8 Å². The zero-order chi connectivity index (χ0) is 57.3. The number of ether oxygens (including phenoxy) is 2. The summed E-state index contributed by atoms with van der Waals surface area (Å²) in [7, 11) is -4.39. The van der Waals surface area contributed by atoms with E-state index in [0.29, 0.717) is 6.42 Å². The topological polar surface area (TPSA) is 134 Å². The molecule has 0 aromatic heterocycles. The van der Waals surface area contributed by atoms with E-state index in [1.165, 1.54) is 276 Å². The van der Waals surface area contributed by atoms with E-state index in [1.807, 2.05) is 0 Å². The normalized spacial score (nSPS) is 13.1. The molecule has 2 unspecified atom stereocenters. The van der Waals surface area contributed by atoms with E-state index in [2.05, 4.69) is 50.3 Å².